The van der Waals surface area contributed by atoms with Gasteiger partial charge in [-0.15, -0.1) is 12.4 Å². The second-order valence-electron chi connectivity index (χ2n) is 4.88. The molecule has 7 heteroatoms. The average molecular weight is 354 g/mol. The first-order chi connectivity index (χ1) is 9.53. The Morgan fingerprint density at radius 2 is 2.14 bits per heavy atom. The van der Waals surface area contributed by atoms with Crippen LogP contribution in [-0.2, 0) is 15.1 Å². The van der Waals surface area contributed by atoms with Crippen molar-refractivity contribution in [1.82, 2.24) is 10.6 Å². The van der Waals surface area contributed by atoms with E-state index >= 15 is 0 Å². The van der Waals surface area contributed by atoms with Gasteiger partial charge in [0.15, 0.2) is 0 Å². The van der Waals surface area contributed by atoms with Crippen molar-refractivity contribution in [2.45, 2.75) is 18.9 Å². The van der Waals surface area contributed by atoms with E-state index in [9.17, 15) is 4.79 Å². The van der Waals surface area contributed by atoms with E-state index in [1.807, 2.05) is 12.1 Å². The molecule has 1 aromatic carbocycles. The zero-order valence-corrected chi connectivity index (χ0v) is 14.1. The number of amides is 1. The van der Waals surface area contributed by atoms with E-state index in [-0.39, 0.29) is 18.3 Å². The first kappa shape index (κ1) is 18.5. The number of rotatable bonds is 3. The molecule has 0 spiro atoms. The summed E-state index contributed by atoms with van der Waals surface area (Å²) in [4.78, 5) is 11.2. The minimum Gasteiger partial charge on any atom is -0.367 e. The quantitative estimate of drug-likeness (QED) is 0.878. The van der Waals surface area contributed by atoms with Gasteiger partial charge in [0.25, 0.3) is 0 Å². The summed E-state index contributed by atoms with van der Waals surface area (Å²) in [5.74, 6) is -0.0785. The Kier molecular flexibility index (Phi) is 7.24. The molecule has 1 saturated heterocycles. The molecule has 1 amide bonds. The predicted octanol–water partition coefficient (Wildman–Crippen LogP) is 2.76. The highest BCUT2D eigenvalue weighted by atomic mass is 35.5. The largest absolute Gasteiger partial charge is 0.367 e. The van der Waals surface area contributed by atoms with Crippen LogP contribution < -0.4 is 10.6 Å². The molecular weight excluding hydrogens is 335 g/mol. The maximum atomic E-state index is 11.2. The van der Waals surface area contributed by atoms with Gasteiger partial charge in [0.2, 0.25) is 5.91 Å². The summed E-state index contributed by atoms with van der Waals surface area (Å²) < 4.78 is 6.04. The molecular formula is C14H19Cl3N2O2. The zero-order valence-electron chi connectivity index (χ0n) is 11.7. The van der Waals surface area contributed by atoms with Crippen molar-refractivity contribution >= 4 is 41.5 Å². The highest BCUT2D eigenvalue weighted by Gasteiger charge is 2.34. The van der Waals surface area contributed by atoms with Crippen LogP contribution in [0.1, 0.15) is 18.9 Å². The van der Waals surface area contributed by atoms with Gasteiger partial charge in [-0.25, -0.2) is 0 Å². The number of hydrogen-bond acceptors (Lipinski definition) is 3. The molecule has 118 valence electrons. The normalized spacial score (nSPS) is 22.0. The third-order valence-corrected chi connectivity index (χ3v) is 4.17. The molecule has 1 unspecified atom stereocenters. The predicted molar refractivity (Wildman–Crippen MR) is 87.5 cm³/mol. The molecule has 0 saturated carbocycles. The number of hydrogen-bond donors (Lipinski definition) is 2. The van der Waals surface area contributed by atoms with E-state index in [4.69, 9.17) is 27.9 Å². The summed E-state index contributed by atoms with van der Waals surface area (Å²) in [7, 11) is 0. The van der Waals surface area contributed by atoms with Crippen molar-refractivity contribution in [3.05, 3.63) is 33.8 Å². The molecule has 4 nitrogen and oxygen atoms in total. The molecule has 1 aliphatic rings. The molecule has 0 bridgehead atoms. The first-order valence-corrected chi connectivity index (χ1v) is 7.34. The maximum Gasteiger partial charge on any atom is 0.216 e. The Hall–Kier alpha value is -0.520. The van der Waals surface area contributed by atoms with Gasteiger partial charge in [0.1, 0.15) is 5.60 Å². The molecule has 0 aliphatic carbocycles. The third kappa shape index (κ3) is 4.73. The Balaban J connectivity index is 0.00000220. The van der Waals surface area contributed by atoms with Gasteiger partial charge in [-0.05, 0) is 30.7 Å². The van der Waals surface area contributed by atoms with Gasteiger partial charge in [-0.1, -0.05) is 29.3 Å². The average Bonchev–Trinajstić information content (AvgIpc) is 2.66. The second-order valence-corrected chi connectivity index (χ2v) is 5.70. The fourth-order valence-corrected chi connectivity index (χ4v) is 2.62. The summed E-state index contributed by atoms with van der Waals surface area (Å²) >= 11 is 12.1. The summed E-state index contributed by atoms with van der Waals surface area (Å²) in [5, 5.41) is 7.14. The number of halogens is 3. The topological polar surface area (TPSA) is 50.4 Å². The Morgan fingerprint density at radius 1 is 1.38 bits per heavy atom. The van der Waals surface area contributed by atoms with Crippen LogP contribution in [-0.4, -0.2) is 32.1 Å². The van der Waals surface area contributed by atoms with Crippen molar-refractivity contribution in [2.75, 3.05) is 26.2 Å². The van der Waals surface area contributed by atoms with E-state index < -0.39 is 5.60 Å². The summed E-state index contributed by atoms with van der Waals surface area (Å²) in [6, 6.07) is 5.48. The number of carbonyl (C=O) groups excluding carboxylic acids is 1. The van der Waals surface area contributed by atoms with E-state index in [1.165, 1.54) is 6.92 Å². The molecule has 1 aliphatic heterocycles. The first-order valence-electron chi connectivity index (χ1n) is 6.58. The molecule has 2 rings (SSSR count). The summed E-state index contributed by atoms with van der Waals surface area (Å²) in [5.41, 5.74) is 0.369. The van der Waals surface area contributed by atoms with Crippen LogP contribution in [0.5, 0.6) is 0 Å². The number of ether oxygens (including phenoxy) is 1. The van der Waals surface area contributed by atoms with Crippen LogP contribution in [0.15, 0.2) is 18.2 Å². The zero-order chi connectivity index (χ0) is 14.6. The lowest BCUT2D eigenvalue weighted by molar-refractivity contribution is -0.121. The van der Waals surface area contributed by atoms with Gasteiger partial charge < -0.3 is 15.4 Å². The number of carbonyl (C=O) groups is 1. The van der Waals surface area contributed by atoms with E-state index in [1.54, 1.807) is 6.07 Å². The van der Waals surface area contributed by atoms with E-state index in [0.29, 0.717) is 23.2 Å². The fraction of sp³-hybridized carbons (Fsp3) is 0.500. The number of nitrogens with one attached hydrogen (secondary N) is 2. The van der Waals surface area contributed by atoms with Gasteiger partial charge in [-0.3, -0.25) is 4.79 Å². The summed E-state index contributed by atoms with van der Waals surface area (Å²) in [6.45, 7) is 4.11. The van der Waals surface area contributed by atoms with Crippen molar-refractivity contribution in [3.8, 4) is 0 Å². The summed E-state index contributed by atoms with van der Waals surface area (Å²) in [6.07, 6.45) is 0.755. The van der Waals surface area contributed by atoms with Gasteiger partial charge >= 0.3 is 0 Å². The van der Waals surface area contributed by atoms with Crippen molar-refractivity contribution < 1.29 is 9.53 Å². The molecule has 2 N–H and O–H groups in total. The SMILES string of the molecule is CC(=O)NCC1(c2ccc(Cl)c(Cl)c2)CCNCCO1.Cl. The van der Waals surface area contributed by atoms with Crippen LogP contribution >= 0.6 is 35.6 Å². The van der Waals surface area contributed by atoms with Crippen molar-refractivity contribution in [2.24, 2.45) is 0 Å². The Morgan fingerprint density at radius 3 is 2.81 bits per heavy atom. The molecule has 0 aromatic heterocycles. The molecule has 1 aromatic rings. The van der Waals surface area contributed by atoms with Crippen LogP contribution in [0.3, 0.4) is 0 Å². The van der Waals surface area contributed by atoms with Crippen LogP contribution in [0.25, 0.3) is 0 Å². The second kappa shape index (κ2) is 8.20. The lowest BCUT2D eigenvalue weighted by Crippen LogP contribution is -2.42. The molecule has 1 fully saturated rings. The van der Waals surface area contributed by atoms with Gasteiger partial charge in [0, 0.05) is 13.5 Å². The molecule has 1 heterocycles. The van der Waals surface area contributed by atoms with Crippen molar-refractivity contribution in [3.63, 3.8) is 0 Å². The van der Waals surface area contributed by atoms with Crippen molar-refractivity contribution in [1.29, 1.82) is 0 Å². The number of benzene rings is 1. The monoisotopic (exact) mass is 352 g/mol. The molecule has 1 atom stereocenters. The van der Waals surface area contributed by atoms with E-state index in [2.05, 4.69) is 10.6 Å². The highest BCUT2D eigenvalue weighted by Crippen LogP contribution is 2.34. The lowest BCUT2D eigenvalue weighted by Gasteiger charge is -2.33. The fourth-order valence-electron chi connectivity index (χ4n) is 2.32. The van der Waals surface area contributed by atoms with Crippen LogP contribution in [0.2, 0.25) is 10.0 Å². The van der Waals surface area contributed by atoms with Gasteiger partial charge in [-0.2, -0.15) is 0 Å². The Bertz CT molecular complexity index is 489. The smallest absolute Gasteiger partial charge is 0.216 e. The maximum absolute atomic E-state index is 11.2. The minimum atomic E-state index is -0.566. The molecule has 0 radical (unpaired) electrons. The Labute approximate surface area is 140 Å². The molecule has 21 heavy (non-hydrogen) atoms. The third-order valence-electron chi connectivity index (χ3n) is 3.43. The minimum absolute atomic E-state index is 0. The van der Waals surface area contributed by atoms with Crippen LogP contribution in [0.4, 0.5) is 0 Å². The lowest BCUT2D eigenvalue weighted by atomic mass is 9.90. The standard InChI is InChI=1S/C14H18Cl2N2O2.ClH/c1-10(19)18-9-14(4-5-17-6-7-20-14)11-2-3-12(15)13(16)8-11;/h2-3,8,17H,4-7,9H2,1H3,(H,18,19);1H. The highest BCUT2D eigenvalue weighted by molar-refractivity contribution is 6.42. The van der Waals surface area contributed by atoms with Gasteiger partial charge in [0.05, 0.1) is 23.2 Å². The van der Waals surface area contributed by atoms with E-state index in [0.717, 1.165) is 25.1 Å². The van der Waals surface area contributed by atoms with Crippen LogP contribution in [0, 0.1) is 0 Å².